The monoisotopic (exact) mass is 163 g/mol. The quantitative estimate of drug-likeness (QED) is 0.641. The molecule has 1 N–H and O–H groups in total. The molecule has 0 bridgehead atoms. The fourth-order valence-electron chi connectivity index (χ4n) is 1.40. The second kappa shape index (κ2) is 2.20. The summed E-state index contributed by atoms with van der Waals surface area (Å²) < 4.78 is 1.76. The van der Waals surface area contributed by atoms with Crippen LogP contribution in [0.5, 0.6) is 0 Å². The molecule has 0 saturated carbocycles. The maximum absolute atomic E-state index is 11.2. The molecule has 2 aromatic rings. The summed E-state index contributed by atoms with van der Waals surface area (Å²) in [5.41, 5.74) is 1.43. The first-order valence-electron chi connectivity index (χ1n) is 3.73. The number of imidazole rings is 2. The number of fused-ring (bicyclic) bond motifs is 1. The van der Waals surface area contributed by atoms with Crippen LogP contribution in [0.3, 0.4) is 0 Å². The van der Waals surface area contributed by atoms with E-state index in [2.05, 4.69) is 9.97 Å². The molecule has 2 rings (SSSR count). The molecule has 0 unspecified atom stereocenters. The van der Waals surface area contributed by atoms with Crippen molar-refractivity contribution in [3.05, 3.63) is 23.8 Å². The minimum Gasteiger partial charge on any atom is -0.330 e. The molecule has 0 aromatic carbocycles. The molecule has 0 radical (unpaired) electrons. The van der Waals surface area contributed by atoms with Gasteiger partial charge in [-0.15, -0.1) is 0 Å². The molecule has 12 heavy (non-hydrogen) atoms. The number of aromatic amines is 1. The second-order valence-corrected chi connectivity index (χ2v) is 2.76. The highest BCUT2D eigenvalue weighted by atomic mass is 16.1. The Balaban J connectivity index is 2.84. The largest absolute Gasteiger partial charge is 0.330 e. The van der Waals surface area contributed by atoms with Gasteiger partial charge in [0.25, 0.3) is 0 Å². The number of carbonyl (C=O) groups excluding carboxylic acids is 1. The zero-order valence-corrected chi connectivity index (χ0v) is 6.96. The van der Waals surface area contributed by atoms with Crippen molar-refractivity contribution in [1.29, 1.82) is 0 Å². The lowest BCUT2D eigenvalue weighted by molar-refractivity contribution is 0.101. The van der Waals surface area contributed by atoms with Crippen LogP contribution in [0, 0.1) is 6.92 Å². The van der Waals surface area contributed by atoms with E-state index in [0.29, 0.717) is 5.69 Å². The Morgan fingerprint density at radius 3 is 3.08 bits per heavy atom. The van der Waals surface area contributed by atoms with Crippen LogP contribution in [0.25, 0.3) is 5.78 Å². The number of aromatic nitrogens is 3. The van der Waals surface area contributed by atoms with E-state index in [1.807, 2.05) is 6.92 Å². The molecule has 0 aliphatic rings. The van der Waals surface area contributed by atoms with Crippen LogP contribution in [0.2, 0.25) is 0 Å². The summed E-state index contributed by atoms with van der Waals surface area (Å²) in [6, 6.07) is 0. The smallest absolute Gasteiger partial charge is 0.212 e. The molecule has 0 spiro atoms. The minimum absolute atomic E-state index is 0.0413. The first kappa shape index (κ1) is 7.09. The van der Waals surface area contributed by atoms with E-state index in [-0.39, 0.29) is 5.78 Å². The molecule has 0 fully saturated rings. The Hall–Kier alpha value is -1.58. The molecule has 2 aromatic heterocycles. The van der Waals surface area contributed by atoms with Gasteiger partial charge in [0.2, 0.25) is 5.78 Å². The summed E-state index contributed by atoms with van der Waals surface area (Å²) in [6.07, 6.45) is 3.56. The Morgan fingerprint density at radius 1 is 1.67 bits per heavy atom. The molecule has 0 atom stereocenters. The van der Waals surface area contributed by atoms with Crippen LogP contribution in [0.1, 0.15) is 23.1 Å². The van der Waals surface area contributed by atoms with Crippen LogP contribution in [0.4, 0.5) is 0 Å². The van der Waals surface area contributed by atoms with E-state index >= 15 is 0 Å². The minimum atomic E-state index is 0.0413. The van der Waals surface area contributed by atoms with Crippen molar-refractivity contribution in [3.8, 4) is 0 Å². The van der Waals surface area contributed by atoms with Gasteiger partial charge in [0, 0.05) is 19.3 Å². The van der Waals surface area contributed by atoms with Gasteiger partial charge in [0.15, 0.2) is 5.78 Å². The van der Waals surface area contributed by atoms with E-state index in [1.54, 1.807) is 23.7 Å². The Kier molecular flexibility index (Phi) is 1.30. The number of ketones is 1. The van der Waals surface area contributed by atoms with Gasteiger partial charge in [0.05, 0.1) is 5.69 Å². The molecule has 4 heteroatoms. The van der Waals surface area contributed by atoms with Gasteiger partial charge in [0.1, 0.15) is 5.69 Å². The van der Waals surface area contributed by atoms with Crippen LogP contribution >= 0.6 is 0 Å². The van der Waals surface area contributed by atoms with Crippen molar-refractivity contribution < 1.29 is 4.79 Å². The predicted octanol–water partition coefficient (Wildman–Crippen LogP) is 1.17. The number of Topliss-reactive ketones (excluding diaryl/α,β-unsaturated/α-hetero) is 1. The highest BCUT2D eigenvalue weighted by Crippen LogP contribution is 2.10. The zero-order valence-electron chi connectivity index (χ0n) is 6.96. The normalized spacial score (nSPS) is 10.8. The predicted molar refractivity (Wildman–Crippen MR) is 44.3 cm³/mol. The number of nitrogens with zero attached hydrogens (tertiary/aromatic N) is 2. The highest BCUT2D eigenvalue weighted by molar-refractivity contribution is 5.94. The van der Waals surface area contributed by atoms with Crippen molar-refractivity contribution in [2.75, 3.05) is 0 Å². The van der Waals surface area contributed by atoms with E-state index in [0.717, 1.165) is 11.5 Å². The first-order valence-corrected chi connectivity index (χ1v) is 3.73. The summed E-state index contributed by atoms with van der Waals surface area (Å²) >= 11 is 0. The number of hydrogen-bond donors (Lipinski definition) is 1. The summed E-state index contributed by atoms with van der Waals surface area (Å²) in [7, 11) is 0. The van der Waals surface area contributed by atoms with Crippen molar-refractivity contribution in [2.24, 2.45) is 0 Å². The van der Waals surface area contributed by atoms with Crippen LogP contribution in [0.15, 0.2) is 12.4 Å². The lowest BCUT2D eigenvalue weighted by atomic mass is 10.2. The van der Waals surface area contributed by atoms with Crippen molar-refractivity contribution >= 4 is 11.6 Å². The molecule has 0 aliphatic heterocycles. The molecule has 0 amide bonds. The first-order chi connectivity index (χ1) is 5.70. The van der Waals surface area contributed by atoms with Crippen LogP contribution in [-0.4, -0.2) is 20.2 Å². The van der Waals surface area contributed by atoms with E-state index < -0.39 is 0 Å². The molecular formula is C8H9N3O. The van der Waals surface area contributed by atoms with Gasteiger partial charge in [-0.05, 0) is 6.92 Å². The van der Waals surface area contributed by atoms with Gasteiger partial charge in [-0.1, -0.05) is 0 Å². The topological polar surface area (TPSA) is 50.2 Å². The zero-order chi connectivity index (χ0) is 8.72. The van der Waals surface area contributed by atoms with Gasteiger partial charge in [-0.25, -0.2) is 4.98 Å². The van der Waals surface area contributed by atoms with Crippen molar-refractivity contribution in [3.63, 3.8) is 0 Å². The van der Waals surface area contributed by atoms with Gasteiger partial charge in [-0.2, -0.15) is 0 Å². The second-order valence-electron chi connectivity index (χ2n) is 2.76. The number of hydrogen-bond acceptors (Lipinski definition) is 2. The third-order valence-electron chi connectivity index (χ3n) is 1.85. The molecule has 0 saturated heterocycles. The number of nitrogens with one attached hydrogen (secondary N) is 1. The fourth-order valence-corrected chi connectivity index (χ4v) is 1.40. The standard InChI is InChI=1S/C8H9N3O/c1-5-7(6(2)12)11-4-3-9-8(11)10-5/h3-4H,1-2H3,(H,9,10). The summed E-state index contributed by atoms with van der Waals surface area (Å²) in [4.78, 5) is 18.3. The average molecular weight is 163 g/mol. The summed E-state index contributed by atoms with van der Waals surface area (Å²) in [6.45, 7) is 3.38. The van der Waals surface area contributed by atoms with E-state index in [1.165, 1.54) is 0 Å². The summed E-state index contributed by atoms with van der Waals surface area (Å²) in [5.74, 6) is 0.761. The maximum Gasteiger partial charge on any atom is 0.212 e. The molecule has 2 heterocycles. The third kappa shape index (κ3) is 0.777. The molecule has 4 nitrogen and oxygen atoms in total. The Morgan fingerprint density at radius 2 is 2.42 bits per heavy atom. The maximum atomic E-state index is 11.2. The Bertz CT molecular complexity index is 438. The lowest BCUT2D eigenvalue weighted by Gasteiger charge is -1.91. The molecular weight excluding hydrogens is 154 g/mol. The Labute approximate surface area is 69.2 Å². The van der Waals surface area contributed by atoms with Crippen LogP contribution < -0.4 is 0 Å². The van der Waals surface area contributed by atoms with E-state index in [4.69, 9.17) is 0 Å². The fraction of sp³-hybridized carbons (Fsp3) is 0.250. The van der Waals surface area contributed by atoms with E-state index in [9.17, 15) is 4.79 Å². The number of H-pyrrole nitrogens is 1. The summed E-state index contributed by atoms with van der Waals surface area (Å²) in [5, 5.41) is 0. The van der Waals surface area contributed by atoms with Gasteiger partial charge < -0.3 is 4.98 Å². The van der Waals surface area contributed by atoms with Crippen LogP contribution in [-0.2, 0) is 0 Å². The average Bonchev–Trinajstić information content (AvgIpc) is 2.44. The number of aryl methyl sites for hydroxylation is 1. The van der Waals surface area contributed by atoms with Gasteiger partial charge >= 0.3 is 0 Å². The SMILES string of the molecule is CC(=O)c1c(C)nc2[nH]ccn12. The number of carbonyl (C=O) groups is 1. The molecule has 0 aliphatic carbocycles. The van der Waals surface area contributed by atoms with Crippen molar-refractivity contribution in [2.45, 2.75) is 13.8 Å². The molecule has 62 valence electrons. The third-order valence-corrected chi connectivity index (χ3v) is 1.85. The highest BCUT2D eigenvalue weighted by Gasteiger charge is 2.12. The van der Waals surface area contributed by atoms with Crippen molar-refractivity contribution in [1.82, 2.24) is 14.4 Å². The lowest BCUT2D eigenvalue weighted by Crippen LogP contribution is -1.98. The number of rotatable bonds is 1. The van der Waals surface area contributed by atoms with Gasteiger partial charge in [-0.3, -0.25) is 9.20 Å².